The summed E-state index contributed by atoms with van der Waals surface area (Å²) in [7, 11) is 0. The van der Waals surface area contributed by atoms with Crippen LogP contribution in [0.3, 0.4) is 0 Å². The highest BCUT2D eigenvalue weighted by Crippen LogP contribution is 2.19. The van der Waals surface area contributed by atoms with E-state index in [4.69, 9.17) is 16.1 Å². The van der Waals surface area contributed by atoms with Crippen LogP contribution in [0.5, 0.6) is 0 Å². The molecule has 2 heterocycles. The second-order valence-electron chi connectivity index (χ2n) is 4.94. The maximum atomic E-state index is 6.12. The van der Waals surface area contributed by atoms with Gasteiger partial charge in [0.25, 0.3) is 0 Å². The van der Waals surface area contributed by atoms with Gasteiger partial charge in [-0.2, -0.15) is 4.98 Å². The third kappa shape index (κ3) is 3.14. The summed E-state index contributed by atoms with van der Waals surface area (Å²) in [5, 5.41) is 8.11. The molecule has 0 aliphatic carbocycles. The fraction of sp³-hybridized carbons (Fsp3) is 0.429. The third-order valence-electron chi connectivity index (χ3n) is 3.44. The minimum absolute atomic E-state index is 0.617. The first kappa shape index (κ1) is 12.6. The molecule has 1 fully saturated rings. The van der Waals surface area contributed by atoms with E-state index in [1.165, 1.54) is 6.42 Å². The highest BCUT2D eigenvalue weighted by Gasteiger charge is 2.18. The minimum Gasteiger partial charge on any atom is -0.339 e. The summed E-state index contributed by atoms with van der Waals surface area (Å²) in [6.45, 7) is 2.13. The molecule has 1 aromatic heterocycles. The van der Waals surface area contributed by atoms with Gasteiger partial charge in [0.05, 0.1) is 0 Å². The molecule has 100 valence electrons. The van der Waals surface area contributed by atoms with E-state index in [0.717, 1.165) is 36.0 Å². The van der Waals surface area contributed by atoms with E-state index in [9.17, 15) is 0 Å². The van der Waals surface area contributed by atoms with Gasteiger partial charge in [-0.25, -0.2) is 0 Å². The van der Waals surface area contributed by atoms with E-state index < -0.39 is 0 Å². The molecule has 1 aliphatic heterocycles. The molecule has 1 N–H and O–H groups in total. The van der Waals surface area contributed by atoms with Crippen molar-refractivity contribution in [2.45, 2.75) is 19.3 Å². The van der Waals surface area contributed by atoms with Gasteiger partial charge in [-0.1, -0.05) is 35.0 Å². The molecule has 4 nitrogen and oxygen atoms in total. The number of nitrogens with zero attached hydrogens (tertiary/aromatic N) is 2. The quantitative estimate of drug-likeness (QED) is 0.933. The topological polar surface area (TPSA) is 51.0 Å². The van der Waals surface area contributed by atoms with Crippen LogP contribution < -0.4 is 5.32 Å². The Kier molecular flexibility index (Phi) is 3.80. The summed E-state index contributed by atoms with van der Waals surface area (Å²) >= 11 is 6.12. The molecular weight excluding hydrogens is 262 g/mol. The lowest BCUT2D eigenvalue weighted by atomic mass is 10.1. The largest absolute Gasteiger partial charge is 0.339 e. The van der Waals surface area contributed by atoms with Gasteiger partial charge in [-0.05, 0) is 37.1 Å². The van der Waals surface area contributed by atoms with Crippen molar-refractivity contribution in [3.05, 3.63) is 46.6 Å². The third-order valence-corrected chi connectivity index (χ3v) is 3.81. The normalized spacial score (nSPS) is 18.9. The Labute approximate surface area is 117 Å². The van der Waals surface area contributed by atoms with Gasteiger partial charge in [0, 0.05) is 17.9 Å². The van der Waals surface area contributed by atoms with Gasteiger partial charge in [0.1, 0.15) is 0 Å². The fourth-order valence-electron chi connectivity index (χ4n) is 2.39. The van der Waals surface area contributed by atoms with Crippen molar-refractivity contribution in [3.8, 4) is 0 Å². The monoisotopic (exact) mass is 277 g/mol. The summed E-state index contributed by atoms with van der Waals surface area (Å²) in [5.74, 6) is 2.05. The molecule has 0 amide bonds. The Hall–Kier alpha value is -1.39. The zero-order valence-electron chi connectivity index (χ0n) is 10.6. The average Bonchev–Trinajstić information content (AvgIpc) is 3.05. The van der Waals surface area contributed by atoms with Gasteiger partial charge in [0.15, 0.2) is 5.82 Å². The standard InChI is InChI=1S/C14H16ClN3O/c15-12-4-2-1-3-11(12)8-13-17-14(19-18-13)7-10-5-6-16-9-10/h1-4,10,16H,5-9H2. The average molecular weight is 278 g/mol. The molecule has 1 atom stereocenters. The molecule has 2 aromatic rings. The van der Waals surface area contributed by atoms with Crippen LogP contribution in [-0.4, -0.2) is 23.2 Å². The highest BCUT2D eigenvalue weighted by atomic mass is 35.5. The van der Waals surface area contributed by atoms with Crippen molar-refractivity contribution < 1.29 is 4.52 Å². The van der Waals surface area contributed by atoms with Crippen LogP contribution in [0, 0.1) is 5.92 Å². The van der Waals surface area contributed by atoms with Gasteiger partial charge in [-0.3, -0.25) is 0 Å². The number of aromatic nitrogens is 2. The fourth-order valence-corrected chi connectivity index (χ4v) is 2.60. The van der Waals surface area contributed by atoms with Crippen molar-refractivity contribution in [3.63, 3.8) is 0 Å². The van der Waals surface area contributed by atoms with E-state index in [-0.39, 0.29) is 0 Å². The van der Waals surface area contributed by atoms with Crippen molar-refractivity contribution >= 4 is 11.6 Å². The van der Waals surface area contributed by atoms with Crippen LogP contribution in [0.2, 0.25) is 5.02 Å². The van der Waals surface area contributed by atoms with Gasteiger partial charge >= 0.3 is 0 Å². The van der Waals surface area contributed by atoms with E-state index in [1.54, 1.807) is 0 Å². The van der Waals surface area contributed by atoms with Gasteiger partial charge < -0.3 is 9.84 Å². The van der Waals surface area contributed by atoms with Crippen molar-refractivity contribution in [1.82, 2.24) is 15.5 Å². The zero-order chi connectivity index (χ0) is 13.1. The SMILES string of the molecule is Clc1ccccc1Cc1noc(CC2CCNC2)n1. The Balaban J connectivity index is 1.66. The molecule has 19 heavy (non-hydrogen) atoms. The Morgan fingerprint density at radius 2 is 2.26 bits per heavy atom. The van der Waals surface area contributed by atoms with Crippen molar-refractivity contribution in [2.75, 3.05) is 13.1 Å². The Morgan fingerprint density at radius 1 is 1.37 bits per heavy atom. The molecule has 3 rings (SSSR count). The predicted molar refractivity (Wildman–Crippen MR) is 73.2 cm³/mol. The number of benzene rings is 1. The molecule has 1 unspecified atom stereocenters. The van der Waals surface area contributed by atoms with Crippen LogP contribution >= 0.6 is 11.6 Å². The van der Waals surface area contributed by atoms with Gasteiger partial charge in [0.2, 0.25) is 5.89 Å². The zero-order valence-corrected chi connectivity index (χ0v) is 11.4. The van der Waals surface area contributed by atoms with Crippen LogP contribution in [0.1, 0.15) is 23.7 Å². The first-order valence-corrected chi connectivity index (χ1v) is 6.94. The summed E-state index contributed by atoms with van der Waals surface area (Å²) in [4.78, 5) is 4.45. The van der Waals surface area contributed by atoms with E-state index in [0.29, 0.717) is 18.2 Å². The molecule has 1 saturated heterocycles. The lowest BCUT2D eigenvalue weighted by Crippen LogP contribution is -2.10. The Bertz CT molecular complexity index is 549. The van der Waals surface area contributed by atoms with Crippen LogP contribution in [0.25, 0.3) is 0 Å². The smallest absolute Gasteiger partial charge is 0.226 e. The second kappa shape index (κ2) is 5.72. The van der Waals surface area contributed by atoms with Crippen molar-refractivity contribution in [1.29, 1.82) is 0 Å². The first-order valence-electron chi connectivity index (χ1n) is 6.57. The Morgan fingerprint density at radius 3 is 3.05 bits per heavy atom. The molecule has 0 radical (unpaired) electrons. The predicted octanol–water partition coefficient (Wildman–Crippen LogP) is 2.47. The molecule has 5 heteroatoms. The number of hydrogen-bond donors (Lipinski definition) is 1. The number of nitrogens with one attached hydrogen (secondary N) is 1. The lowest BCUT2D eigenvalue weighted by Gasteiger charge is -2.02. The number of hydrogen-bond acceptors (Lipinski definition) is 4. The van der Waals surface area contributed by atoms with Crippen LogP contribution in [0.15, 0.2) is 28.8 Å². The second-order valence-corrected chi connectivity index (χ2v) is 5.34. The summed E-state index contributed by atoms with van der Waals surface area (Å²) in [6, 6.07) is 7.74. The lowest BCUT2D eigenvalue weighted by molar-refractivity contribution is 0.354. The highest BCUT2D eigenvalue weighted by molar-refractivity contribution is 6.31. The molecule has 1 aromatic carbocycles. The summed E-state index contributed by atoms with van der Waals surface area (Å²) in [5.41, 5.74) is 1.03. The number of halogens is 1. The first-order chi connectivity index (χ1) is 9.31. The van der Waals surface area contributed by atoms with E-state index >= 15 is 0 Å². The summed E-state index contributed by atoms with van der Waals surface area (Å²) in [6.07, 6.45) is 2.66. The maximum absolute atomic E-state index is 6.12. The summed E-state index contributed by atoms with van der Waals surface area (Å²) < 4.78 is 5.31. The molecular formula is C14H16ClN3O. The van der Waals surface area contributed by atoms with Gasteiger partial charge in [-0.15, -0.1) is 0 Å². The molecule has 0 spiro atoms. The molecule has 0 bridgehead atoms. The minimum atomic E-state index is 0.617. The number of rotatable bonds is 4. The van der Waals surface area contributed by atoms with Crippen molar-refractivity contribution in [2.24, 2.45) is 5.92 Å². The van der Waals surface area contributed by atoms with E-state index in [1.807, 2.05) is 24.3 Å². The van der Waals surface area contributed by atoms with E-state index in [2.05, 4.69) is 15.5 Å². The molecule has 0 saturated carbocycles. The van der Waals surface area contributed by atoms with Crippen LogP contribution in [-0.2, 0) is 12.8 Å². The van der Waals surface area contributed by atoms with Crippen LogP contribution in [0.4, 0.5) is 0 Å². The molecule has 1 aliphatic rings. The maximum Gasteiger partial charge on any atom is 0.226 e.